The van der Waals surface area contributed by atoms with Crippen LogP contribution in [0.4, 0.5) is 0 Å². The maximum absolute atomic E-state index is 5.74. The minimum Gasteiger partial charge on any atom is -0.490 e. The molecule has 2 aromatic heterocycles. The second-order valence-corrected chi connectivity index (χ2v) is 6.93. The number of ether oxygens (including phenoxy) is 1. The Kier molecular flexibility index (Phi) is 5.50. The number of pyridine rings is 1. The number of aromatic nitrogens is 4. The Morgan fingerprint density at radius 1 is 1.28 bits per heavy atom. The van der Waals surface area contributed by atoms with Gasteiger partial charge in [0.15, 0.2) is 5.82 Å². The van der Waals surface area contributed by atoms with Crippen LogP contribution in [0.3, 0.4) is 0 Å². The summed E-state index contributed by atoms with van der Waals surface area (Å²) in [4.78, 5) is 4.03. The lowest BCUT2D eigenvalue weighted by Gasteiger charge is -2.14. The van der Waals surface area contributed by atoms with E-state index in [1.54, 1.807) is 17.1 Å². The number of aromatic amines is 1. The molecule has 0 atom stereocenters. The molecule has 25 heavy (non-hydrogen) atoms. The van der Waals surface area contributed by atoms with Crippen LogP contribution >= 0.6 is 28.1 Å². The van der Waals surface area contributed by atoms with E-state index in [1.165, 1.54) is 0 Å². The summed E-state index contributed by atoms with van der Waals surface area (Å²) in [6.45, 7) is 4.60. The first-order chi connectivity index (χ1) is 12.0. The fraction of sp³-hybridized carbons (Fsp3) is 0.235. The number of benzene rings is 1. The van der Waals surface area contributed by atoms with Crippen molar-refractivity contribution in [3.63, 3.8) is 0 Å². The van der Waals surface area contributed by atoms with Crippen LogP contribution in [0.5, 0.6) is 5.75 Å². The first-order valence-corrected chi connectivity index (χ1v) is 9.01. The van der Waals surface area contributed by atoms with Crippen LogP contribution in [0, 0.1) is 4.77 Å². The van der Waals surface area contributed by atoms with Crippen LogP contribution in [0.1, 0.15) is 19.4 Å². The topological polar surface area (TPSA) is 67.8 Å². The Morgan fingerprint density at radius 3 is 2.72 bits per heavy atom. The van der Waals surface area contributed by atoms with Crippen molar-refractivity contribution in [1.29, 1.82) is 0 Å². The summed E-state index contributed by atoms with van der Waals surface area (Å²) in [5.41, 5.74) is 5.32. The zero-order valence-corrected chi connectivity index (χ0v) is 16.3. The molecule has 0 amide bonds. The summed E-state index contributed by atoms with van der Waals surface area (Å²) in [6, 6.07) is 9.78. The maximum Gasteiger partial charge on any atom is 0.214 e. The van der Waals surface area contributed by atoms with Gasteiger partial charge in [-0.3, -0.25) is 4.98 Å². The number of rotatable bonds is 6. The molecular formula is C17H18BrN5OS. The zero-order chi connectivity index (χ0) is 17.8. The highest BCUT2D eigenvalue weighted by molar-refractivity contribution is 9.10. The third-order valence-electron chi connectivity index (χ3n) is 3.41. The Morgan fingerprint density at radius 2 is 2.04 bits per heavy atom. The zero-order valence-electron chi connectivity index (χ0n) is 13.9. The van der Waals surface area contributed by atoms with Crippen LogP contribution in [-0.4, -0.2) is 26.0 Å². The highest BCUT2D eigenvalue weighted by atomic mass is 79.9. The number of nitrogens with one attached hydrogen (secondary N) is 2. The van der Waals surface area contributed by atoms with Crippen molar-refractivity contribution in [2.24, 2.45) is 0 Å². The number of nitrogens with zero attached hydrogens (tertiary/aromatic N) is 3. The van der Waals surface area contributed by atoms with Gasteiger partial charge in [-0.15, -0.1) is 0 Å². The van der Waals surface area contributed by atoms with Crippen molar-refractivity contribution in [2.45, 2.75) is 26.5 Å². The predicted molar refractivity (Wildman–Crippen MR) is 104 cm³/mol. The molecule has 1 aromatic carbocycles. The fourth-order valence-corrected chi connectivity index (χ4v) is 3.03. The smallest absolute Gasteiger partial charge is 0.214 e. The number of hydrogen-bond acceptors (Lipinski definition) is 5. The molecule has 0 fully saturated rings. The number of hydrogen-bond donors (Lipinski definition) is 2. The van der Waals surface area contributed by atoms with Crippen molar-refractivity contribution in [3.8, 4) is 17.1 Å². The largest absolute Gasteiger partial charge is 0.490 e. The molecule has 0 bridgehead atoms. The highest BCUT2D eigenvalue weighted by Crippen LogP contribution is 2.27. The van der Waals surface area contributed by atoms with E-state index in [-0.39, 0.29) is 6.10 Å². The first kappa shape index (κ1) is 17.6. The van der Waals surface area contributed by atoms with Crippen molar-refractivity contribution in [3.05, 3.63) is 57.5 Å². The van der Waals surface area contributed by atoms with Gasteiger partial charge in [-0.05, 0) is 71.8 Å². The maximum atomic E-state index is 5.74. The minimum atomic E-state index is 0.132. The van der Waals surface area contributed by atoms with Gasteiger partial charge in [0.25, 0.3) is 0 Å². The summed E-state index contributed by atoms with van der Waals surface area (Å²) in [7, 11) is 0. The van der Waals surface area contributed by atoms with Gasteiger partial charge >= 0.3 is 0 Å². The summed E-state index contributed by atoms with van der Waals surface area (Å²) >= 11 is 8.87. The molecule has 2 heterocycles. The second kappa shape index (κ2) is 7.79. The van der Waals surface area contributed by atoms with Gasteiger partial charge in [0.05, 0.1) is 17.1 Å². The molecule has 0 spiro atoms. The lowest BCUT2D eigenvalue weighted by atomic mass is 10.2. The van der Waals surface area contributed by atoms with Crippen molar-refractivity contribution < 1.29 is 4.74 Å². The molecule has 0 radical (unpaired) electrons. The van der Waals surface area contributed by atoms with Crippen LogP contribution in [0.15, 0.2) is 47.2 Å². The highest BCUT2D eigenvalue weighted by Gasteiger charge is 2.09. The van der Waals surface area contributed by atoms with Crippen molar-refractivity contribution in [2.75, 3.05) is 5.43 Å². The molecule has 0 saturated carbocycles. The van der Waals surface area contributed by atoms with Gasteiger partial charge < -0.3 is 10.2 Å². The van der Waals surface area contributed by atoms with E-state index in [9.17, 15) is 0 Å². The van der Waals surface area contributed by atoms with Gasteiger partial charge in [0.2, 0.25) is 4.77 Å². The molecule has 0 aliphatic heterocycles. The van der Waals surface area contributed by atoms with Crippen LogP contribution in [0.2, 0.25) is 0 Å². The van der Waals surface area contributed by atoms with Gasteiger partial charge in [0.1, 0.15) is 5.75 Å². The quantitative estimate of drug-likeness (QED) is 0.583. The van der Waals surface area contributed by atoms with Gasteiger partial charge in [-0.1, -0.05) is 6.07 Å². The molecule has 0 saturated heterocycles. The van der Waals surface area contributed by atoms with Crippen molar-refractivity contribution >= 4 is 28.1 Å². The van der Waals surface area contributed by atoms with E-state index in [2.05, 4.69) is 36.5 Å². The van der Waals surface area contributed by atoms with Crippen LogP contribution in [-0.2, 0) is 6.54 Å². The lowest BCUT2D eigenvalue weighted by Crippen LogP contribution is -2.16. The van der Waals surface area contributed by atoms with Gasteiger partial charge in [-0.2, -0.15) is 5.10 Å². The lowest BCUT2D eigenvalue weighted by molar-refractivity contribution is 0.241. The second-order valence-electron chi connectivity index (χ2n) is 5.69. The third kappa shape index (κ3) is 4.26. The third-order valence-corrected chi connectivity index (χ3v) is 4.30. The van der Waals surface area contributed by atoms with E-state index in [4.69, 9.17) is 17.0 Å². The summed E-state index contributed by atoms with van der Waals surface area (Å²) in [5.74, 6) is 1.54. The van der Waals surface area contributed by atoms with E-state index in [1.807, 2.05) is 44.2 Å². The Bertz CT molecular complexity index is 907. The molecule has 6 nitrogen and oxygen atoms in total. The Labute approximate surface area is 159 Å². The summed E-state index contributed by atoms with van der Waals surface area (Å²) in [6.07, 6.45) is 3.58. The molecular weight excluding hydrogens is 402 g/mol. The van der Waals surface area contributed by atoms with E-state index < -0.39 is 0 Å². The molecule has 3 aromatic rings. The minimum absolute atomic E-state index is 0.132. The van der Waals surface area contributed by atoms with Crippen LogP contribution < -0.4 is 10.2 Å². The van der Waals surface area contributed by atoms with Crippen LogP contribution in [0.25, 0.3) is 11.4 Å². The SMILES string of the molecule is CC(C)Oc1ccc(CNn2c(-c3ccncc3)n[nH]c2=S)cc1Br. The van der Waals surface area contributed by atoms with Crippen molar-refractivity contribution in [1.82, 2.24) is 19.9 Å². The summed E-state index contributed by atoms with van der Waals surface area (Å²) < 4.78 is 8.92. The molecule has 3 rings (SSSR count). The molecule has 8 heteroatoms. The molecule has 0 aliphatic carbocycles. The van der Waals surface area contributed by atoms with E-state index in [0.29, 0.717) is 17.1 Å². The average molecular weight is 420 g/mol. The van der Waals surface area contributed by atoms with E-state index >= 15 is 0 Å². The Balaban J connectivity index is 1.78. The van der Waals surface area contributed by atoms with Gasteiger partial charge in [0, 0.05) is 18.0 Å². The first-order valence-electron chi connectivity index (χ1n) is 7.81. The molecule has 0 aliphatic rings. The fourth-order valence-electron chi connectivity index (χ4n) is 2.31. The molecule has 0 unspecified atom stereocenters. The normalized spacial score (nSPS) is 10.9. The predicted octanol–water partition coefficient (Wildman–Crippen LogP) is 4.30. The molecule has 2 N–H and O–H groups in total. The monoisotopic (exact) mass is 419 g/mol. The Hall–Kier alpha value is -2.19. The average Bonchev–Trinajstić information content (AvgIpc) is 2.96. The standard InChI is InChI=1S/C17H18BrN5OS/c1-11(2)24-15-4-3-12(9-14(15)18)10-20-23-16(21-22-17(23)25)13-5-7-19-8-6-13/h3-9,11,20H,10H2,1-2H3,(H,22,25). The molecule has 130 valence electrons. The number of halogens is 1. The number of H-pyrrole nitrogens is 1. The summed E-state index contributed by atoms with van der Waals surface area (Å²) in [5, 5.41) is 7.11. The van der Waals surface area contributed by atoms with Gasteiger partial charge in [-0.25, -0.2) is 9.77 Å². The van der Waals surface area contributed by atoms with E-state index in [0.717, 1.165) is 21.3 Å².